The number of benzene rings is 2. The second-order valence-corrected chi connectivity index (χ2v) is 10.3. The first kappa shape index (κ1) is 25.7. The number of rotatable bonds is 9. The predicted molar refractivity (Wildman–Crippen MR) is 146 cm³/mol. The molecule has 0 radical (unpaired) electrons. The van der Waals surface area contributed by atoms with Gasteiger partial charge in [-0.05, 0) is 81.2 Å². The van der Waals surface area contributed by atoms with Crippen molar-refractivity contribution in [2.24, 2.45) is 5.92 Å². The van der Waals surface area contributed by atoms with E-state index < -0.39 is 12.2 Å². The summed E-state index contributed by atoms with van der Waals surface area (Å²) in [5.41, 5.74) is 3.82. The van der Waals surface area contributed by atoms with Gasteiger partial charge in [0.25, 0.3) is 0 Å². The van der Waals surface area contributed by atoms with E-state index in [0.29, 0.717) is 29.5 Å². The van der Waals surface area contributed by atoms with Crippen molar-refractivity contribution in [3.63, 3.8) is 0 Å². The Morgan fingerprint density at radius 1 is 1.11 bits per heavy atom. The molecular weight excluding hydrogens is 480 g/mol. The fourth-order valence-corrected chi connectivity index (χ4v) is 4.97. The van der Waals surface area contributed by atoms with Crippen molar-refractivity contribution >= 4 is 28.8 Å². The first-order valence-electron chi connectivity index (χ1n) is 13.6. The Hall–Kier alpha value is -3.99. The van der Waals surface area contributed by atoms with Crippen LogP contribution in [-0.4, -0.2) is 29.4 Å². The van der Waals surface area contributed by atoms with E-state index in [1.54, 1.807) is 6.07 Å². The van der Waals surface area contributed by atoms with Gasteiger partial charge >= 0.3 is 12.2 Å². The molecule has 1 aromatic heterocycles. The highest BCUT2D eigenvalue weighted by Crippen LogP contribution is 2.43. The van der Waals surface area contributed by atoms with Gasteiger partial charge in [0.05, 0.1) is 16.8 Å². The molecule has 2 aromatic carbocycles. The van der Waals surface area contributed by atoms with Crippen molar-refractivity contribution in [2.45, 2.75) is 70.9 Å². The molecule has 5 rings (SSSR count). The number of carbonyl (C=O) groups excluding carboxylic acids is 2. The number of unbranched alkanes of at least 4 members (excludes halogenated alkanes) is 1. The van der Waals surface area contributed by atoms with Crippen LogP contribution < -0.4 is 15.4 Å². The molecule has 8 heteroatoms. The summed E-state index contributed by atoms with van der Waals surface area (Å²) >= 11 is 0. The van der Waals surface area contributed by atoms with Gasteiger partial charge in [0, 0.05) is 29.7 Å². The molecule has 8 nitrogen and oxygen atoms in total. The summed E-state index contributed by atoms with van der Waals surface area (Å²) in [5, 5.41) is 16.6. The number of ether oxygens (including phenoxy) is 2. The molecule has 2 aliphatic rings. The van der Waals surface area contributed by atoms with E-state index in [1.807, 2.05) is 43.3 Å². The van der Waals surface area contributed by atoms with Crippen LogP contribution in [0.5, 0.6) is 5.75 Å². The van der Waals surface area contributed by atoms with Gasteiger partial charge in [-0.15, -0.1) is 0 Å². The quantitative estimate of drug-likeness (QED) is 0.295. The average molecular weight is 515 g/mol. The van der Waals surface area contributed by atoms with Crippen LogP contribution in [0, 0.1) is 17.2 Å². The van der Waals surface area contributed by atoms with Crippen LogP contribution >= 0.6 is 0 Å². The SMILES string of the molecule is CCCCNC(=O)Oc1ccc2c(C#N)c(-c3ccc(NC(=O)O[C@H](C)C4CC4)cc3)n(C3CCC3)c2c1. The molecular formula is C30H34N4O4. The van der Waals surface area contributed by atoms with Gasteiger partial charge < -0.3 is 19.4 Å². The summed E-state index contributed by atoms with van der Waals surface area (Å²) in [6.07, 6.45) is 6.26. The highest BCUT2D eigenvalue weighted by molar-refractivity contribution is 5.96. The highest BCUT2D eigenvalue weighted by Gasteiger charge is 2.31. The summed E-state index contributed by atoms with van der Waals surface area (Å²) in [6.45, 7) is 4.56. The van der Waals surface area contributed by atoms with Crippen molar-refractivity contribution in [1.29, 1.82) is 5.26 Å². The number of aromatic nitrogens is 1. The number of hydrogen-bond donors (Lipinski definition) is 2. The van der Waals surface area contributed by atoms with Crippen LogP contribution in [0.15, 0.2) is 42.5 Å². The lowest BCUT2D eigenvalue weighted by Crippen LogP contribution is -2.27. The Morgan fingerprint density at radius 2 is 1.87 bits per heavy atom. The number of nitrogens with zero attached hydrogens (tertiary/aromatic N) is 2. The van der Waals surface area contributed by atoms with Crippen molar-refractivity contribution in [2.75, 3.05) is 11.9 Å². The van der Waals surface area contributed by atoms with Crippen LogP contribution in [0.2, 0.25) is 0 Å². The summed E-state index contributed by atoms with van der Waals surface area (Å²) in [4.78, 5) is 24.5. The molecule has 2 aliphatic carbocycles. The molecule has 2 saturated carbocycles. The van der Waals surface area contributed by atoms with Gasteiger partial charge in [-0.2, -0.15) is 5.26 Å². The van der Waals surface area contributed by atoms with Crippen LogP contribution in [0.25, 0.3) is 22.2 Å². The molecule has 3 aromatic rings. The molecule has 0 spiro atoms. The second kappa shape index (κ2) is 11.2. The Kier molecular flexibility index (Phi) is 7.54. The summed E-state index contributed by atoms with van der Waals surface area (Å²) in [5.74, 6) is 0.918. The molecule has 0 bridgehead atoms. The number of amides is 2. The normalized spacial score (nSPS) is 15.8. The van der Waals surface area contributed by atoms with Crippen molar-refractivity contribution in [1.82, 2.24) is 9.88 Å². The number of nitriles is 1. The lowest BCUT2D eigenvalue weighted by molar-refractivity contribution is 0.108. The van der Waals surface area contributed by atoms with Crippen molar-refractivity contribution in [3.05, 3.63) is 48.0 Å². The third-order valence-corrected chi connectivity index (χ3v) is 7.52. The van der Waals surface area contributed by atoms with Gasteiger partial charge in [-0.3, -0.25) is 5.32 Å². The van der Waals surface area contributed by atoms with Crippen LogP contribution in [0.1, 0.15) is 70.4 Å². The molecule has 2 amide bonds. The topological polar surface area (TPSA) is 105 Å². The van der Waals surface area contributed by atoms with Crippen LogP contribution in [-0.2, 0) is 4.74 Å². The molecule has 1 atom stereocenters. The maximum absolute atomic E-state index is 12.3. The van der Waals surface area contributed by atoms with Gasteiger partial charge in [-0.1, -0.05) is 25.5 Å². The second-order valence-electron chi connectivity index (χ2n) is 10.3. The first-order chi connectivity index (χ1) is 18.5. The molecule has 0 unspecified atom stereocenters. The van der Waals surface area contributed by atoms with E-state index >= 15 is 0 Å². The number of hydrogen-bond acceptors (Lipinski definition) is 5. The Balaban J connectivity index is 1.42. The standard InChI is InChI=1S/C30H34N4O4/c1-3-4-16-32-29(35)38-24-14-15-25-26(18-31)28(34(27(25)17-24)23-6-5-7-23)21-10-12-22(13-11-21)33-30(36)37-19(2)20-8-9-20/h10-15,17,19-20,23H,3-9,16H2,1-2H3,(H,32,35)(H,33,36)/t19-/m1/s1. The van der Waals surface area contributed by atoms with Gasteiger partial charge in [0.1, 0.15) is 17.9 Å². The van der Waals surface area contributed by atoms with Gasteiger partial charge in [0.15, 0.2) is 0 Å². The zero-order chi connectivity index (χ0) is 26.6. The van der Waals surface area contributed by atoms with Crippen LogP contribution in [0.4, 0.5) is 15.3 Å². The minimum Gasteiger partial charge on any atom is -0.446 e. The fourth-order valence-electron chi connectivity index (χ4n) is 4.97. The molecule has 2 N–H and O–H groups in total. The van der Waals surface area contributed by atoms with Gasteiger partial charge in [0.2, 0.25) is 0 Å². The number of carbonyl (C=O) groups is 2. The predicted octanol–water partition coefficient (Wildman–Crippen LogP) is 7.14. The third kappa shape index (κ3) is 5.47. The Labute approximate surface area is 222 Å². The van der Waals surface area contributed by atoms with E-state index in [4.69, 9.17) is 9.47 Å². The van der Waals surface area contributed by atoms with Crippen molar-refractivity contribution < 1.29 is 19.1 Å². The number of fused-ring (bicyclic) bond motifs is 1. The minimum absolute atomic E-state index is 0.0815. The molecule has 0 saturated heterocycles. The summed E-state index contributed by atoms with van der Waals surface area (Å²) in [6, 6.07) is 15.6. The average Bonchev–Trinajstić information content (AvgIpc) is 3.68. The van der Waals surface area contributed by atoms with Gasteiger partial charge in [-0.25, -0.2) is 9.59 Å². The lowest BCUT2D eigenvalue weighted by Gasteiger charge is -2.30. The number of anilines is 1. The summed E-state index contributed by atoms with van der Waals surface area (Å²) < 4.78 is 13.2. The maximum Gasteiger partial charge on any atom is 0.412 e. The molecule has 0 aliphatic heterocycles. The molecule has 198 valence electrons. The lowest BCUT2D eigenvalue weighted by atomic mass is 9.92. The Morgan fingerprint density at radius 3 is 2.50 bits per heavy atom. The van der Waals surface area contributed by atoms with E-state index in [0.717, 1.165) is 67.1 Å². The smallest absolute Gasteiger partial charge is 0.412 e. The fraction of sp³-hybridized carbons (Fsp3) is 0.433. The molecule has 1 heterocycles. The number of nitrogens with one attached hydrogen (secondary N) is 2. The third-order valence-electron chi connectivity index (χ3n) is 7.52. The van der Waals surface area contributed by atoms with Crippen molar-refractivity contribution in [3.8, 4) is 23.1 Å². The molecule has 38 heavy (non-hydrogen) atoms. The van der Waals surface area contributed by atoms with Crippen LogP contribution in [0.3, 0.4) is 0 Å². The zero-order valence-electron chi connectivity index (χ0n) is 22.0. The highest BCUT2D eigenvalue weighted by atomic mass is 16.6. The maximum atomic E-state index is 12.3. The first-order valence-corrected chi connectivity index (χ1v) is 13.6. The molecule has 2 fully saturated rings. The zero-order valence-corrected chi connectivity index (χ0v) is 22.0. The van der Waals surface area contributed by atoms with E-state index in [1.165, 1.54) is 0 Å². The monoisotopic (exact) mass is 514 g/mol. The van der Waals surface area contributed by atoms with E-state index in [9.17, 15) is 14.9 Å². The minimum atomic E-state index is -0.478. The Bertz CT molecular complexity index is 1360. The van der Waals surface area contributed by atoms with E-state index in [-0.39, 0.29) is 12.1 Å². The van der Waals surface area contributed by atoms with E-state index in [2.05, 4.69) is 28.2 Å². The largest absolute Gasteiger partial charge is 0.446 e. The summed E-state index contributed by atoms with van der Waals surface area (Å²) in [7, 11) is 0.